The van der Waals surface area contributed by atoms with Crippen molar-refractivity contribution in [2.45, 2.75) is 31.7 Å². The van der Waals surface area contributed by atoms with Crippen LogP contribution in [-0.4, -0.2) is 25.0 Å². The van der Waals surface area contributed by atoms with Crippen molar-refractivity contribution < 1.29 is 4.79 Å². The lowest BCUT2D eigenvalue weighted by molar-refractivity contribution is -0.122. The van der Waals surface area contributed by atoms with Crippen LogP contribution in [-0.2, 0) is 4.79 Å². The molecule has 0 aromatic heterocycles. The summed E-state index contributed by atoms with van der Waals surface area (Å²) in [6.45, 7) is 1.82. The predicted molar refractivity (Wildman–Crippen MR) is 46.8 cm³/mol. The van der Waals surface area contributed by atoms with E-state index in [0.717, 1.165) is 31.8 Å². The third-order valence-electron chi connectivity index (χ3n) is 2.63. The van der Waals surface area contributed by atoms with Crippen molar-refractivity contribution in [2.24, 2.45) is 5.92 Å². The van der Waals surface area contributed by atoms with Gasteiger partial charge in [-0.3, -0.25) is 4.79 Å². The Balaban J connectivity index is 1.85. The number of amides is 1. The monoisotopic (exact) mass is 168 g/mol. The van der Waals surface area contributed by atoms with E-state index in [9.17, 15) is 4.79 Å². The molecule has 0 spiro atoms. The zero-order valence-electron chi connectivity index (χ0n) is 7.31. The van der Waals surface area contributed by atoms with Crippen LogP contribution in [0.2, 0.25) is 0 Å². The highest BCUT2D eigenvalue weighted by molar-refractivity contribution is 5.81. The Kier molecular flexibility index (Phi) is 2.30. The van der Waals surface area contributed by atoms with Crippen molar-refractivity contribution in [3.8, 4) is 0 Å². The van der Waals surface area contributed by atoms with Gasteiger partial charge in [0, 0.05) is 6.54 Å². The molecule has 0 aromatic carbocycles. The molecule has 2 rings (SSSR count). The van der Waals surface area contributed by atoms with Crippen molar-refractivity contribution in [2.75, 3.05) is 13.1 Å². The largest absolute Gasteiger partial charge is 0.355 e. The quantitative estimate of drug-likeness (QED) is 0.621. The fourth-order valence-electron chi connectivity index (χ4n) is 1.67. The van der Waals surface area contributed by atoms with Crippen LogP contribution >= 0.6 is 0 Å². The standard InChI is InChI=1S/C9H16N2O/c12-9-8(6-7-2-3-7)10-4-1-5-11-9/h7-8,10H,1-6H2,(H,11,12). The molecular formula is C9H16N2O. The third-order valence-corrected chi connectivity index (χ3v) is 2.63. The van der Waals surface area contributed by atoms with Crippen molar-refractivity contribution in [1.82, 2.24) is 10.6 Å². The Morgan fingerprint density at radius 1 is 1.33 bits per heavy atom. The molecule has 1 unspecified atom stereocenters. The van der Waals surface area contributed by atoms with Gasteiger partial charge in [-0.2, -0.15) is 0 Å². The van der Waals surface area contributed by atoms with Gasteiger partial charge in [0.15, 0.2) is 0 Å². The van der Waals surface area contributed by atoms with E-state index in [2.05, 4.69) is 10.6 Å². The first-order valence-electron chi connectivity index (χ1n) is 4.87. The molecule has 0 aromatic rings. The minimum Gasteiger partial charge on any atom is -0.355 e. The molecule has 1 amide bonds. The van der Waals surface area contributed by atoms with Crippen LogP contribution in [0.5, 0.6) is 0 Å². The molecule has 0 radical (unpaired) electrons. The number of carbonyl (C=O) groups excluding carboxylic acids is 1. The first kappa shape index (κ1) is 8.05. The summed E-state index contributed by atoms with van der Waals surface area (Å²) < 4.78 is 0. The second-order valence-electron chi connectivity index (χ2n) is 3.83. The molecule has 1 saturated heterocycles. The van der Waals surface area contributed by atoms with Crippen LogP contribution in [0.4, 0.5) is 0 Å². The summed E-state index contributed by atoms with van der Waals surface area (Å²) >= 11 is 0. The van der Waals surface area contributed by atoms with Crippen LogP contribution in [0.3, 0.4) is 0 Å². The molecule has 2 aliphatic rings. The number of carbonyl (C=O) groups is 1. The number of rotatable bonds is 2. The van der Waals surface area contributed by atoms with E-state index in [-0.39, 0.29) is 11.9 Å². The first-order chi connectivity index (χ1) is 5.86. The second kappa shape index (κ2) is 3.44. The SMILES string of the molecule is O=C1NCCCNC1CC1CC1. The molecule has 12 heavy (non-hydrogen) atoms. The highest BCUT2D eigenvalue weighted by Crippen LogP contribution is 2.33. The molecule has 2 fully saturated rings. The predicted octanol–water partition coefficient (Wildman–Crippen LogP) is 0.265. The maximum absolute atomic E-state index is 11.4. The van der Waals surface area contributed by atoms with Gasteiger partial charge >= 0.3 is 0 Å². The Bertz CT molecular complexity index is 177. The Morgan fingerprint density at radius 3 is 2.92 bits per heavy atom. The summed E-state index contributed by atoms with van der Waals surface area (Å²) in [5.41, 5.74) is 0. The molecule has 1 atom stereocenters. The minimum absolute atomic E-state index is 0.0972. The van der Waals surface area contributed by atoms with Gasteiger partial charge in [0.2, 0.25) is 5.91 Å². The van der Waals surface area contributed by atoms with Gasteiger partial charge in [0.25, 0.3) is 0 Å². The van der Waals surface area contributed by atoms with Crippen molar-refractivity contribution in [1.29, 1.82) is 0 Å². The van der Waals surface area contributed by atoms with Crippen LogP contribution in [0, 0.1) is 5.92 Å². The average Bonchev–Trinajstić information content (AvgIpc) is 2.84. The molecule has 1 heterocycles. The highest BCUT2D eigenvalue weighted by atomic mass is 16.2. The second-order valence-corrected chi connectivity index (χ2v) is 3.83. The van der Waals surface area contributed by atoms with Gasteiger partial charge in [-0.15, -0.1) is 0 Å². The van der Waals surface area contributed by atoms with E-state index < -0.39 is 0 Å². The van der Waals surface area contributed by atoms with Gasteiger partial charge in [-0.1, -0.05) is 12.8 Å². The highest BCUT2D eigenvalue weighted by Gasteiger charge is 2.29. The first-order valence-corrected chi connectivity index (χ1v) is 4.87. The summed E-state index contributed by atoms with van der Waals surface area (Å²) in [7, 11) is 0. The normalized spacial score (nSPS) is 31.0. The maximum Gasteiger partial charge on any atom is 0.237 e. The van der Waals surface area contributed by atoms with E-state index >= 15 is 0 Å². The molecular weight excluding hydrogens is 152 g/mol. The molecule has 1 saturated carbocycles. The zero-order chi connectivity index (χ0) is 8.39. The van der Waals surface area contributed by atoms with Crippen LogP contribution in [0.1, 0.15) is 25.7 Å². The van der Waals surface area contributed by atoms with E-state index in [1.54, 1.807) is 0 Å². The lowest BCUT2D eigenvalue weighted by Crippen LogP contribution is -2.41. The van der Waals surface area contributed by atoms with Gasteiger partial charge in [-0.25, -0.2) is 0 Å². The van der Waals surface area contributed by atoms with Crippen LogP contribution in [0.25, 0.3) is 0 Å². The average molecular weight is 168 g/mol. The molecule has 1 aliphatic heterocycles. The Labute approximate surface area is 72.9 Å². The van der Waals surface area contributed by atoms with Gasteiger partial charge in [-0.05, 0) is 25.3 Å². The Morgan fingerprint density at radius 2 is 2.17 bits per heavy atom. The van der Waals surface area contributed by atoms with Crippen molar-refractivity contribution >= 4 is 5.91 Å². The van der Waals surface area contributed by atoms with Gasteiger partial charge in [0.1, 0.15) is 0 Å². The van der Waals surface area contributed by atoms with Crippen LogP contribution < -0.4 is 10.6 Å². The fraction of sp³-hybridized carbons (Fsp3) is 0.889. The zero-order valence-corrected chi connectivity index (χ0v) is 7.31. The molecule has 68 valence electrons. The summed E-state index contributed by atoms with van der Waals surface area (Å²) in [5.74, 6) is 1.03. The molecule has 2 N–H and O–H groups in total. The summed E-state index contributed by atoms with van der Waals surface area (Å²) in [6.07, 6.45) is 4.76. The Hall–Kier alpha value is -0.570. The van der Waals surface area contributed by atoms with Crippen molar-refractivity contribution in [3.63, 3.8) is 0 Å². The minimum atomic E-state index is 0.0972. The third kappa shape index (κ3) is 1.97. The van der Waals surface area contributed by atoms with E-state index in [1.165, 1.54) is 12.8 Å². The number of hydrogen-bond donors (Lipinski definition) is 2. The lowest BCUT2D eigenvalue weighted by Gasteiger charge is -2.13. The van der Waals surface area contributed by atoms with E-state index in [0.29, 0.717) is 0 Å². The maximum atomic E-state index is 11.4. The lowest BCUT2D eigenvalue weighted by atomic mass is 10.1. The fourth-order valence-corrected chi connectivity index (χ4v) is 1.67. The number of nitrogens with one attached hydrogen (secondary N) is 2. The van der Waals surface area contributed by atoms with Gasteiger partial charge in [0.05, 0.1) is 6.04 Å². The van der Waals surface area contributed by atoms with Crippen molar-refractivity contribution in [3.05, 3.63) is 0 Å². The molecule has 1 aliphatic carbocycles. The molecule has 3 nitrogen and oxygen atoms in total. The summed E-state index contributed by atoms with van der Waals surface area (Å²) in [5, 5.41) is 6.22. The van der Waals surface area contributed by atoms with Gasteiger partial charge < -0.3 is 10.6 Å². The molecule has 0 bridgehead atoms. The van der Waals surface area contributed by atoms with Crippen LogP contribution in [0.15, 0.2) is 0 Å². The smallest absolute Gasteiger partial charge is 0.237 e. The summed E-state index contributed by atoms with van der Waals surface area (Å²) in [4.78, 5) is 11.4. The molecule has 3 heteroatoms. The summed E-state index contributed by atoms with van der Waals surface area (Å²) in [6, 6.07) is 0.0972. The number of hydrogen-bond acceptors (Lipinski definition) is 2. The van der Waals surface area contributed by atoms with E-state index in [4.69, 9.17) is 0 Å². The topological polar surface area (TPSA) is 41.1 Å². The van der Waals surface area contributed by atoms with E-state index in [1.807, 2.05) is 0 Å².